The van der Waals surface area contributed by atoms with E-state index in [1.165, 1.54) is 7.11 Å². The first-order valence-electron chi connectivity index (χ1n) is 5.91. The molecule has 2 aromatic rings. The Morgan fingerprint density at radius 1 is 1.11 bits per heavy atom. The molecule has 0 heterocycles. The maximum absolute atomic E-state index is 11.5. The van der Waals surface area contributed by atoms with Crippen molar-refractivity contribution in [3.8, 4) is 0 Å². The predicted molar refractivity (Wildman–Crippen MR) is 77.6 cm³/mol. The molecule has 2 rings (SSSR count). The van der Waals surface area contributed by atoms with E-state index in [0.29, 0.717) is 11.3 Å². The van der Waals surface area contributed by atoms with E-state index in [0.717, 1.165) is 11.1 Å². The maximum Gasteiger partial charge on any atom is 0.337 e. The Morgan fingerprint density at radius 2 is 1.84 bits per heavy atom. The lowest BCUT2D eigenvalue weighted by molar-refractivity contribution is 0.0601. The Balaban J connectivity index is 2.29. The van der Waals surface area contributed by atoms with Gasteiger partial charge in [-0.2, -0.15) is 0 Å². The molecule has 3 nitrogen and oxygen atoms in total. The average molecular weight is 253 g/mol. The van der Waals surface area contributed by atoms with E-state index < -0.39 is 0 Å². The first kappa shape index (κ1) is 12.9. The lowest BCUT2D eigenvalue weighted by atomic mass is 10.1. The molecule has 0 aromatic heterocycles. The van der Waals surface area contributed by atoms with Crippen molar-refractivity contribution >= 4 is 23.8 Å². The molecule has 2 N–H and O–H groups in total. The van der Waals surface area contributed by atoms with Crippen molar-refractivity contribution < 1.29 is 9.53 Å². The zero-order valence-electron chi connectivity index (χ0n) is 10.7. The fraction of sp³-hybridized carbons (Fsp3) is 0.0625. The number of nitrogens with two attached hydrogens (primary N) is 1. The number of carbonyl (C=O) groups excluding carboxylic acids is 1. The summed E-state index contributed by atoms with van der Waals surface area (Å²) in [6.07, 6.45) is 3.84. The fourth-order valence-corrected chi connectivity index (χ4v) is 1.71. The molecule has 0 aliphatic rings. The lowest BCUT2D eigenvalue weighted by Crippen LogP contribution is -2.02. The summed E-state index contributed by atoms with van der Waals surface area (Å²) < 4.78 is 4.69. The number of ether oxygens (including phenoxy) is 1. The molecule has 96 valence electrons. The van der Waals surface area contributed by atoms with E-state index in [9.17, 15) is 4.79 Å². The summed E-state index contributed by atoms with van der Waals surface area (Å²) in [5.74, 6) is -0.366. The minimum Gasteiger partial charge on any atom is -0.465 e. The zero-order valence-corrected chi connectivity index (χ0v) is 10.7. The smallest absolute Gasteiger partial charge is 0.337 e. The average Bonchev–Trinajstić information content (AvgIpc) is 2.46. The first-order valence-corrected chi connectivity index (χ1v) is 5.91. The highest BCUT2D eigenvalue weighted by Crippen LogP contribution is 2.18. The van der Waals surface area contributed by atoms with Crippen LogP contribution >= 0.6 is 0 Å². The van der Waals surface area contributed by atoms with Crippen LogP contribution in [0.5, 0.6) is 0 Å². The second kappa shape index (κ2) is 5.87. The van der Waals surface area contributed by atoms with Crippen LogP contribution in [0.2, 0.25) is 0 Å². The van der Waals surface area contributed by atoms with Crippen LogP contribution in [0, 0.1) is 0 Å². The van der Waals surface area contributed by atoms with Gasteiger partial charge in [-0.15, -0.1) is 0 Å². The maximum atomic E-state index is 11.5. The third-order valence-corrected chi connectivity index (χ3v) is 2.76. The van der Waals surface area contributed by atoms with Crippen LogP contribution in [0.15, 0.2) is 48.5 Å². The number of nitrogen functional groups attached to an aromatic ring is 1. The summed E-state index contributed by atoms with van der Waals surface area (Å²) in [5.41, 5.74) is 8.88. The molecule has 0 radical (unpaired) electrons. The van der Waals surface area contributed by atoms with Crippen molar-refractivity contribution in [3.05, 3.63) is 65.2 Å². The Hall–Kier alpha value is -2.55. The van der Waals surface area contributed by atoms with Crippen LogP contribution in [-0.4, -0.2) is 13.1 Å². The number of carbonyl (C=O) groups is 1. The van der Waals surface area contributed by atoms with E-state index in [1.807, 2.05) is 42.5 Å². The molecule has 0 aliphatic heterocycles. The summed E-state index contributed by atoms with van der Waals surface area (Å²) >= 11 is 0. The van der Waals surface area contributed by atoms with Crippen molar-refractivity contribution in [3.63, 3.8) is 0 Å². The Bertz CT molecular complexity index is 603. The normalized spacial score (nSPS) is 10.6. The van der Waals surface area contributed by atoms with Crippen LogP contribution in [0.25, 0.3) is 12.2 Å². The topological polar surface area (TPSA) is 52.3 Å². The summed E-state index contributed by atoms with van der Waals surface area (Å²) in [6.45, 7) is 0. The van der Waals surface area contributed by atoms with Gasteiger partial charge in [0.15, 0.2) is 0 Å². The SMILES string of the molecule is COC(=O)c1ccc(N)c(C=Cc2ccccc2)c1. The molecule has 0 saturated heterocycles. The fourth-order valence-electron chi connectivity index (χ4n) is 1.71. The van der Waals surface area contributed by atoms with E-state index in [1.54, 1.807) is 18.2 Å². The Labute approximate surface area is 112 Å². The van der Waals surface area contributed by atoms with Gasteiger partial charge >= 0.3 is 5.97 Å². The van der Waals surface area contributed by atoms with Crippen LogP contribution in [0.1, 0.15) is 21.5 Å². The van der Waals surface area contributed by atoms with E-state index in [2.05, 4.69) is 0 Å². The summed E-state index contributed by atoms with van der Waals surface area (Å²) in [4.78, 5) is 11.5. The Kier molecular flexibility index (Phi) is 3.98. The third-order valence-electron chi connectivity index (χ3n) is 2.76. The second-order valence-corrected chi connectivity index (χ2v) is 4.08. The predicted octanol–water partition coefficient (Wildman–Crippen LogP) is 3.23. The molecule has 0 amide bonds. The van der Waals surface area contributed by atoms with Crippen LogP contribution in [0.3, 0.4) is 0 Å². The van der Waals surface area contributed by atoms with Gasteiger partial charge in [0.05, 0.1) is 12.7 Å². The Morgan fingerprint density at radius 3 is 2.53 bits per heavy atom. The molecule has 3 heteroatoms. The van der Waals surface area contributed by atoms with Crippen molar-refractivity contribution in [2.45, 2.75) is 0 Å². The van der Waals surface area contributed by atoms with Gasteiger partial charge < -0.3 is 10.5 Å². The van der Waals surface area contributed by atoms with Crippen molar-refractivity contribution in [1.82, 2.24) is 0 Å². The molecule has 0 bridgehead atoms. The standard InChI is InChI=1S/C16H15NO2/c1-19-16(18)14-9-10-15(17)13(11-14)8-7-12-5-3-2-4-6-12/h2-11H,17H2,1H3. The minimum atomic E-state index is -0.366. The molecule has 0 saturated carbocycles. The largest absolute Gasteiger partial charge is 0.465 e. The summed E-state index contributed by atoms with van der Waals surface area (Å²) in [7, 11) is 1.36. The van der Waals surface area contributed by atoms with Gasteiger partial charge in [0.2, 0.25) is 0 Å². The van der Waals surface area contributed by atoms with Crippen LogP contribution in [-0.2, 0) is 4.74 Å². The van der Waals surface area contributed by atoms with E-state index >= 15 is 0 Å². The highest BCUT2D eigenvalue weighted by molar-refractivity contribution is 5.91. The van der Waals surface area contributed by atoms with Gasteiger partial charge in [-0.05, 0) is 29.3 Å². The van der Waals surface area contributed by atoms with Gasteiger partial charge in [0.25, 0.3) is 0 Å². The van der Waals surface area contributed by atoms with Gasteiger partial charge in [-0.1, -0.05) is 42.5 Å². The third kappa shape index (κ3) is 3.22. The summed E-state index contributed by atoms with van der Waals surface area (Å²) in [6, 6.07) is 15.0. The van der Waals surface area contributed by atoms with Crippen molar-refractivity contribution in [1.29, 1.82) is 0 Å². The summed E-state index contributed by atoms with van der Waals surface area (Å²) in [5, 5.41) is 0. The zero-order chi connectivity index (χ0) is 13.7. The quantitative estimate of drug-likeness (QED) is 0.519. The number of hydrogen-bond donors (Lipinski definition) is 1. The molecule has 2 aromatic carbocycles. The molecule has 0 unspecified atom stereocenters. The van der Waals surface area contributed by atoms with Crippen LogP contribution < -0.4 is 5.73 Å². The van der Waals surface area contributed by atoms with Crippen molar-refractivity contribution in [2.75, 3.05) is 12.8 Å². The first-order chi connectivity index (χ1) is 9.20. The molecule has 0 atom stereocenters. The molecule has 19 heavy (non-hydrogen) atoms. The molecular weight excluding hydrogens is 238 g/mol. The van der Waals surface area contributed by atoms with Crippen molar-refractivity contribution in [2.24, 2.45) is 0 Å². The molecule has 0 fully saturated rings. The van der Waals surface area contributed by atoms with Gasteiger partial charge in [0, 0.05) is 5.69 Å². The van der Waals surface area contributed by atoms with E-state index in [4.69, 9.17) is 10.5 Å². The number of methoxy groups -OCH3 is 1. The molecular formula is C16H15NO2. The van der Waals surface area contributed by atoms with Gasteiger partial charge in [-0.25, -0.2) is 4.79 Å². The molecule has 0 spiro atoms. The van der Waals surface area contributed by atoms with E-state index in [-0.39, 0.29) is 5.97 Å². The monoisotopic (exact) mass is 253 g/mol. The number of anilines is 1. The number of benzene rings is 2. The second-order valence-electron chi connectivity index (χ2n) is 4.08. The van der Waals surface area contributed by atoms with Crippen LogP contribution in [0.4, 0.5) is 5.69 Å². The van der Waals surface area contributed by atoms with Gasteiger partial charge in [0.1, 0.15) is 0 Å². The number of rotatable bonds is 3. The minimum absolute atomic E-state index is 0.366. The highest BCUT2D eigenvalue weighted by Gasteiger charge is 2.06. The highest BCUT2D eigenvalue weighted by atomic mass is 16.5. The van der Waals surface area contributed by atoms with Gasteiger partial charge in [-0.3, -0.25) is 0 Å². The number of esters is 1. The number of hydrogen-bond acceptors (Lipinski definition) is 3. The lowest BCUT2D eigenvalue weighted by Gasteiger charge is -2.04. The molecule has 0 aliphatic carbocycles.